The van der Waals surface area contributed by atoms with Crippen molar-refractivity contribution >= 4 is 11.6 Å². The molecule has 2 N–H and O–H groups in total. The SMILES string of the molecule is COC1CC(Nc2ccc(C(=O)NC3CC3)cc2)C1. The third kappa shape index (κ3) is 3.07. The Hall–Kier alpha value is -1.55. The van der Waals surface area contributed by atoms with E-state index < -0.39 is 0 Å². The molecule has 2 aliphatic rings. The summed E-state index contributed by atoms with van der Waals surface area (Å²) in [6.07, 6.45) is 4.75. The van der Waals surface area contributed by atoms with Crippen molar-refractivity contribution in [2.45, 2.75) is 43.9 Å². The van der Waals surface area contributed by atoms with Gasteiger partial charge >= 0.3 is 0 Å². The van der Waals surface area contributed by atoms with Crippen LogP contribution in [0.15, 0.2) is 24.3 Å². The highest BCUT2D eigenvalue weighted by Crippen LogP contribution is 2.26. The second-order valence-corrected chi connectivity index (χ2v) is 5.50. The highest BCUT2D eigenvalue weighted by molar-refractivity contribution is 5.94. The van der Waals surface area contributed by atoms with E-state index in [0.717, 1.165) is 36.9 Å². The first-order valence-electron chi connectivity index (χ1n) is 6.95. The molecule has 1 aromatic rings. The van der Waals surface area contributed by atoms with E-state index in [0.29, 0.717) is 18.2 Å². The van der Waals surface area contributed by atoms with Crippen LogP contribution in [0.3, 0.4) is 0 Å². The number of carbonyl (C=O) groups is 1. The van der Waals surface area contributed by atoms with Crippen molar-refractivity contribution in [2.75, 3.05) is 12.4 Å². The van der Waals surface area contributed by atoms with E-state index in [1.807, 2.05) is 24.3 Å². The first-order valence-corrected chi connectivity index (χ1v) is 6.95. The summed E-state index contributed by atoms with van der Waals surface area (Å²) in [7, 11) is 1.76. The molecule has 0 spiro atoms. The zero-order chi connectivity index (χ0) is 13.2. The molecule has 4 heteroatoms. The molecule has 2 fully saturated rings. The molecule has 2 aliphatic carbocycles. The maximum Gasteiger partial charge on any atom is 0.251 e. The maximum atomic E-state index is 11.8. The molecule has 0 aliphatic heterocycles. The predicted molar refractivity (Wildman–Crippen MR) is 74.4 cm³/mol. The van der Waals surface area contributed by atoms with E-state index in [4.69, 9.17) is 4.74 Å². The average molecular weight is 260 g/mol. The van der Waals surface area contributed by atoms with Crippen LogP contribution in [0.5, 0.6) is 0 Å². The number of nitrogens with one attached hydrogen (secondary N) is 2. The fraction of sp³-hybridized carbons (Fsp3) is 0.533. The van der Waals surface area contributed by atoms with Crippen LogP contribution in [-0.2, 0) is 4.74 Å². The highest BCUT2D eigenvalue weighted by atomic mass is 16.5. The van der Waals surface area contributed by atoms with Crippen LogP contribution < -0.4 is 10.6 Å². The van der Waals surface area contributed by atoms with Gasteiger partial charge in [0.2, 0.25) is 0 Å². The number of amides is 1. The van der Waals surface area contributed by atoms with Crippen LogP contribution in [0.4, 0.5) is 5.69 Å². The van der Waals surface area contributed by atoms with Gasteiger partial charge in [-0.3, -0.25) is 4.79 Å². The van der Waals surface area contributed by atoms with Crippen molar-refractivity contribution < 1.29 is 9.53 Å². The molecule has 102 valence electrons. The van der Waals surface area contributed by atoms with E-state index in [1.165, 1.54) is 0 Å². The van der Waals surface area contributed by atoms with Crippen LogP contribution in [0.25, 0.3) is 0 Å². The predicted octanol–water partition coefficient (Wildman–Crippen LogP) is 2.17. The lowest BCUT2D eigenvalue weighted by atomic mass is 9.89. The molecule has 0 bridgehead atoms. The second kappa shape index (κ2) is 5.21. The Morgan fingerprint density at radius 2 is 1.84 bits per heavy atom. The first kappa shape index (κ1) is 12.5. The molecule has 1 amide bonds. The average Bonchev–Trinajstić information content (AvgIpc) is 3.18. The van der Waals surface area contributed by atoms with Crippen molar-refractivity contribution in [1.82, 2.24) is 5.32 Å². The van der Waals surface area contributed by atoms with Crippen LogP contribution >= 0.6 is 0 Å². The Balaban J connectivity index is 1.52. The number of benzene rings is 1. The summed E-state index contributed by atoms with van der Waals surface area (Å²) in [4.78, 5) is 11.8. The summed E-state index contributed by atoms with van der Waals surface area (Å²) in [6.45, 7) is 0. The molecule has 0 radical (unpaired) electrons. The van der Waals surface area contributed by atoms with Gasteiger partial charge in [-0.2, -0.15) is 0 Å². The Labute approximate surface area is 113 Å². The molecule has 0 aromatic heterocycles. The summed E-state index contributed by atoms with van der Waals surface area (Å²) < 4.78 is 5.25. The van der Waals surface area contributed by atoms with Crippen molar-refractivity contribution in [3.8, 4) is 0 Å². The number of carbonyl (C=O) groups excluding carboxylic acids is 1. The lowest BCUT2D eigenvalue weighted by Crippen LogP contribution is -2.40. The molecule has 1 aromatic carbocycles. The smallest absolute Gasteiger partial charge is 0.251 e. The van der Waals surface area contributed by atoms with Gasteiger partial charge in [0.25, 0.3) is 5.91 Å². The molecule has 0 atom stereocenters. The third-order valence-electron chi connectivity index (χ3n) is 3.86. The minimum absolute atomic E-state index is 0.0390. The standard InChI is InChI=1S/C15H20N2O2/c1-19-14-8-13(9-14)16-11-4-2-10(3-5-11)15(18)17-12-6-7-12/h2-5,12-14,16H,6-9H2,1H3,(H,17,18). The number of ether oxygens (including phenoxy) is 1. The monoisotopic (exact) mass is 260 g/mol. The summed E-state index contributed by atoms with van der Waals surface area (Å²) in [5.41, 5.74) is 1.81. The minimum atomic E-state index is 0.0390. The fourth-order valence-electron chi connectivity index (χ4n) is 2.33. The molecule has 19 heavy (non-hydrogen) atoms. The van der Waals surface area contributed by atoms with Gasteiger partial charge in [-0.15, -0.1) is 0 Å². The molecule has 4 nitrogen and oxygen atoms in total. The van der Waals surface area contributed by atoms with Gasteiger partial charge in [0, 0.05) is 30.4 Å². The van der Waals surface area contributed by atoms with Crippen LogP contribution in [-0.4, -0.2) is 31.2 Å². The fourth-order valence-corrected chi connectivity index (χ4v) is 2.33. The van der Waals surface area contributed by atoms with Crippen LogP contribution in [0.2, 0.25) is 0 Å². The molecule has 3 rings (SSSR count). The lowest BCUT2D eigenvalue weighted by Gasteiger charge is -2.35. The summed E-state index contributed by atoms with van der Waals surface area (Å²) in [6, 6.07) is 8.62. The van der Waals surface area contributed by atoms with E-state index in [-0.39, 0.29) is 5.91 Å². The Morgan fingerprint density at radius 3 is 2.42 bits per heavy atom. The Kier molecular flexibility index (Phi) is 3.42. The van der Waals surface area contributed by atoms with E-state index in [2.05, 4.69) is 10.6 Å². The Bertz CT molecular complexity index is 448. The van der Waals surface area contributed by atoms with Gasteiger partial charge in [-0.25, -0.2) is 0 Å². The normalized spacial score (nSPS) is 25.5. The van der Waals surface area contributed by atoms with Gasteiger partial charge in [0.15, 0.2) is 0 Å². The highest BCUT2D eigenvalue weighted by Gasteiger charge is 2.28. The quantitative estimate of drug-likeness (QED) is 0.853. The Morgan fingerprint density at radius 1 is 1.16 bits per heavy atom. The van der Waals surface area contributed by atoms with Crippen molar-refractivity contribution in [3.63, 3.8) is 0 Å². The minimum Gasteiger partial charge on any atom is -0.382 e. The van der Waals surface area contributed by atoms with Gasteiger partial charge in [-0.1, -0.05) is 0 Å². The largest absolute Gasteiger partial charge is 0.382 e. The second-order valence-electron chi connectivity index (χ2n) is 5.50. The van der Waals surface area contributed by atoms with Gasteiger partial charge in [0.1, 0.15) is 0 Å². The third-order valence-corrected chi connectivity index (χ3v) is 3.86. The van der Waals surface area contributed by atoms with Crippen molar-refractivity contribution in [2.24, 2.45) is 0 Å². The van der Waals surface area contributed by atoms with Gasteiger partial charge in [-0.05, 0) is 49.9 Å². The zero-order valence-corrected chi connectivity index (χ0v) is 11.2. The number of anilines is 1. The molecule has 0 saturated heterocycles. The molecule has 2 saturated carbocycles. The lowest BCUT2D eigenvalue weighted by molar-refractivity contribution is 0.0329. The van der Waals surface area contributed by atoms with E-state index in [9.17, 15) is 4.79 Å². The van der Waals surface area contributed by atoms with E-state index >= 15 is 0 Å². The number of methoxy groups -OCH3 is 1. The number of rotatable bonds is 5. The number of hydrogen-bond acceptors (Lipinski definition) is 3. The molecular weight excluding hydrogens is 240 g/mol. The van der Waals surface area contributed by atoms with Crippen molar-refractivity contribution in [3.05, 3.63) is 29.8 Å². The van der Waals surface area contributed by atoms with Crippen LogP contribution in [0, 0.1) is 0 Å². The zero-order valence-electron chi connectivity index (χ0n) is 11.2. The summed E-state index contributed by atoms with van der Waals surface area (Å²) >= 11 is 0. The summed E-state index contributed by atoms with van der Waals surface area (Å²) in [5.74, 6) is 0.0390. The molecular formula is C15H20N2O2. The van der Waals surface area contributed by atoms with Gasteiger partial charge < -0.3 is 15.4 Å². The van der Waals surface area contributed by atoms with Crippen molar-refractivity contribution in [1.29, 1.82) is 0 Å². The molecule has 0 unspecified atom stereocenters. The maximum absolute atomic E-state index is 11.8. The number of hydrogen-bond donors (Lipinski definition) is 2. The first-order chi connectivity index (χ1) is 9.24. The summed E-state index contributed by atoms with van der Waals surface area (Å²) in [5, 5.41) is 6.44. The topological polar surface area (TPSA) is 50.4 Å². The van der Waals surface area contributed by atoms with Crippen LogP contribution in [0.1, 0.15) is 36.0 Å². The molecule has 0 heterocycles. The van der Waals surface area contributed by atoms with Gasteiger partial charge in [0.05, 0.1) is 6.10 Å². The van der Waals surface area contributed by atoms with E-state index in [1.54, 1.807) is 7.11 Å².